The van der Waals surface area contributed by atoms with Crippen molar-refractivity contribution in [2.75, 3.05) is 39.2 Å². The van der Waals surface area contributed by atoms with Crippen molar-refractivity contribution < 1.29 is 9.13 Å². The molecule has 0 saturated carbocycles. The topological polar surface area (TPSA) is 77.3 Å². The number of rotatable bonds is 4. The van der Waals surface area contributed by atoms with E-state index in [1.54, 1.807) is 24.3 Å². The van der Waals surface area contributed by atoms with Crippen LogP contribution in [0.2, 0.25) is 0 Å². The molecule has 3 heterocycles. The molecule has 1 aliphatic rings. The van der Waals surface area contributed by atoms with Gasteiger partial charge in [0.05, 0.1) is 35.0 Å². The quantitative estimate of drug-likeness (QED) is 0.460. The van der Waals surface area contributed by atoms with Gasteiger partial charge in [0.15, 0.2) is 11.2 Å². The van der Waals surface area contributed by atoms with Crippen LogP contribution in [0, 0.1) is 17.1 Å². The molecule has 8 heteroatoms. The summed E-state index contributed by atoms with van der Waals surface area (Å²) in [6.45, 7) is 5.36. The number of fused-ring (bicyclic) bond motifs is 4. The van der Waals surface area contributed by atoms with Gasteiger partial charge in [-0.25, -0.2) is 4.39 Å². The Bertz CT molecular complexity index is 1550. The molecule has 1 aliphatic heterocycles. The number of aromatic amines is 1. The number of benzene rings is 2. The lowest BCUT2D eigenvalue weighted by atomic mass is 10.0. The van der Waals surface area contributed by atoms with Crippen molar-refractivity contribution in [2.45, 2.75) is 38.8 Å². The average molecular weight is 476 g/mol. The number of H-pyrrole nitrogens is 1. The number of methoxy groups -OCH3 is 1. The van der Waals surface area contributed by atoms with Gasteiger partial charge in [-0.15, -0.1) is 0 Å². The zero-order valence-electron chi connectivity index (χ0n) is 20.8. The highest BCUT2D eigenvalue weighted by molar-refractivity contribution is 6.10. The first-order chi connectivity index (χ1) is 16.8. The van der Waals surface area contributed by atoms with Crippen LogP contribution in [-0.2, 0) is 0 Å². The van der Waals surface area contributed by atoms with Crippen molar-refractivity contribution in [3.05, 3.63) is 45.9 Å². The molecular formula is C27H30FN5O2. The van der Waals surface area contributed by atoms with E-state index in [1.807, 2.05) is 23.3 Å². The van der Waals surface area contributed by atoms with E-state index in [1.165, 1.54) is 7.11 Å². The lowest BCUT2D eigenvalue weighted by Gasteiger charge is -2.37. The second kappa shape index (κ2) is 8.58. The van der Waals surface area contributed by atoms with Gasteiger partial charge >= 0.3 is 0 Å². The first-order valence-corrected chi connectivity index (χ1v) is 12.0. The molecule has 0 bridgehead atoms. The molecule has 0 unspecified atom stereocenters. The maximum Gasteiger partial charge on any atom is 0.199 e. The van der Waals surface area contributed by atoms with Crippen LogP contribution in [0.1, 0.15) is 38.3 Å². The molecule has 0 aliphatic carbocycles. The second-order valence-corrected chi connectivity index (χ2v) is 9.83. The van der Waals surface area contributed by atoms with Crippen LogP contribution in [0.4, 0.5) is 10.1 Å². The summed E-state index contributed by atoms with van der Waals surface area (Å²) in [5.74, 6) is -0.0663. The zero-order chi connectivity index (χ0) is 25.0. The minimum absolute atomic E-state index is 0.126. The van der Waals surface area contributed by atoms with Gasteiger partial charge in [0.1, 0.15) is 17.1 Å². The van der Waals surface area contributed by atoms with Crippen molar-refractivity contribution in [1.82, 2.24) is 14.5 Å². The lowest BCUT2D eigenvalue weighted by Crippen LogP contribution is -2.42. The summed E-state index contributed by atoms with van der Waals surface area (Å²) in [5.41, 5.74) is 2.16. The molecule has 182 valence electrons. The molecule has 0 radical (unpaired) electrons. The van der Waals surface area contributed by atoms with Gasteiger partial charge in [0, 0.05) is 36.1 Å². The number of anilines is 1. The summed E-state index contributed by atoms with van der Waals surface area (Å²) in [4.78, 5) is 21.3. The standard InChI is InChI=1S/C27H30FN5O2/c1-15(2)33-24-19(26(34)22-18-7-6-16(14-29)12-20(18)30-27(22)33)13-21(35-5)25(23(24)28)32-10-8-17(9-11-32)31(3)4/h6-7,12-13,15,17,30H,8-11H2,1-5H3. The SMILES string of the molecule is COc1cc2c(=O)c3c4ccc(C#N)cc4[nH]c3n(C(C)C)c2c(F)c1N1CCC(N(C)C)CC1. The smallest absolute Gasteiger partial charge is 0.199 e. The number of nitrogens with one attached hydrogen (secondary N) is 1. The molecule has 0 amide bonds. The Kier molecular flexibility index (Phi) is 5.68. The molecule has 35 heavy (non-hydrogen) atoms. The number of hydrogen-bond donors (Lipinski definition) is 1. The van der Waals surface area contributed by atoms with Crippen molar-refractivity contribution in [2.24, 2.45) is 0 Å². The Morgan fingerprint density at radius 2 is 1.91 bits per heavy atom. The third-order valence-electron chi connectivity index (χ3n) is 7.29. The predicted molar refractivity (Wildman–Crippen MR) is 138 cm³/mol. The van der Waals surface area contributed by atoms with Gasteiger partial charge in [-0.2, -0.15) is 5.26 Å². The fourth-order valence-corrected chi connectivity index (χ4v) is 5.50. The molecule has 0 spiro atoms. The second-order valence-electron chi connectivity index (χ2n) is 9.83. The van der Waals surface area contributed by atoms with Crippen LogP contribution in [0.5, 0.6) is 5.75 Å². The van der Waals surface area contributed by atoms with E-state index in [9.17, 15) is 10.1 Å². The highest BCUT2D eigenvalue weighted by Crippen LogP contribution is 2.40. The normalized spacial score (nSPS) is 15.1. The Morgan fingerprint density at radius 3 is 2.51 bits per heavy atom. The van der Waals surface area contributed by atoms with E-state index < -0.39 is 5.82 Å². The number of pyridine rings is 1. The number of ether oxygens (including phenoxy) is 1. The highest BCUT2D eigenvalue weighted by atomic mass is 19.1. The highest BCUT2D eigenvalue weighted by Gasteiger charge is 2.29. The molecule has 1 saturated heterocycles. The summed E-state index contributed by atoms with van der Waals surface area (Å²) < 4.78 is 24.0. The van der Waals surface area contributed by atoms with Crippen molar-refractivity contribution in [3.8, 4) is 11.8 Å². The Morgan fingerprint density at radius 1 is 1.20 bits per heavy atom. The van der Waals surface area contributed by atoms with Crippen LogP contribution in [-0.4, -0.2) is 54.8 Å². The molecule has 5 rings (SSSR count). The van der Waals surface area contributed by atoms with Crippen LogP contribution >= 0.6 is 0 Å². The van der Waals surface area contributed by atoms with Gasteiger partial charge in [-0.3, -0.25) is 4.79 Å². The van der Waals surface area contributed by atoms with Gasteiger partial charge in [-0.05, 0) is 59.0 Å². The van der Waals surface area contributed by atoms with Crippen molar-refractivity contribution in [1.29, 1.82) is 5.26 Å². The monoisotopic (exact) mass is 475 g/mol. The number of hydrogen-bond acceptors (Lipinski definition) is 5. The Labute approximate surface area is 203 Å². The fourth-order valence-electron chi connectivity index (χ4n) is 5.50. The van der Waals surface area contributed by atoms with Gasteiger partial charge in [0.25, 0.3) is 0 Å². The first kappa shape index (κ1) is 23.2. The van der Waals surface area contributed by atoms with E-state index in [-0.39, 0.29) is 22.4 Å². The van der Waals surface area contributed by atoms with E-state index in [0.29, 0.717) is 52.7 Å². The number of nitrogens with zero attached hydrogens (tertiary/aromatic N) is 4. The summed E-state index contributed by atoms with van der Waals surface area (Å²) in [5, 5.41) is 10.8. The van der Waals surface area contributed by atoms with Crippen LogP contribution in [0.15, 0.2) is 29.1 Å². The van der Waals surface area contributed by atoms with E-state index in [2.05, 4.69) is 30.0 Å². The van der Waals surface area contributed by atoms with E-state index >= 15 is 4.39 Å². The summed E-state index contributed by atoms with van der Waals surface area (Å²) >= 11 is 0. The Balaban J connectivity index is 1.83. The van der Waals surface area contributed by atoms with Crippen LogP contribution in [0.25, 0.3) is 32.8 Å². The number of aromatic nitrogens is 2. The van der Waals surface area contributed by atoms with Crippen LogP contribution in [0.3, 0.4) is 0 Å². The minimum Gasteiger partial charge on any atom is -0.494 e. The van der Waals surface area contributed by atoms with E-state index in [4.69, 9.17) is 4.74 Å². The van der Waals surface area contributed by atoms with Crippen molar-refractivity contribution in [3.63, 3.8) is 0 Å². The number of nitriles is 1. The molecule has 2 aromatic heterocycles. The molecule has 1 N–H and O–H groups in total. The number of piperidine rings is 1. The summed E-state index contributed by atoms with van der Waals surface area (Å²) in [7, 11) is 5.67. The molecule has 4 aromatic rings. The van der Waals surface area contributed by atoms with Gasteiger partial charge < -0.3 is 24.1 Å². The maximum atomic E-state index is 16.5. The third-order valence-corrected chi connectivity index (χ3v) is 7.29. The lowest BCUT2D eigenvalue weighted by molar-refractivity contribution is 0.248. The third kappa shape index (κ3) is 3.53. The van der Waals surface area contributed by atoms with Crippen molar-refractivity contribution >= 4 is 38.5 Å². The first-order valence-electron chi connectivity index (χ1n) is 12.0. The largest absolute Gasteiger partial charge is 0.494 e. The number of halogens is 1. The maximum absolute atomic E-state index is 16.5. The van der Waals surface area contributed by atoms with E-state index in [0.717, 1.165) is 18.2 Å². The van der Waals surface area contributed by atoms with Crippen LogP contribution < -0.4 is 15.1 Å². The van der Waals surface area contributed by atoms with Gasteiger partial charge in [-0.1, -0.05) is 6.07 Å². The molecule has 7 nitrogen and oxygen atoms in total. The molecule has 0 atom stereocenters. The Hall–Kier alpha value is -3.57. The zero-order valence-corrected chi connectivity index (χ0v) is 20.8. The van der Waals surface area contributed by atoms with Gasteiger partial charge in [0.2, 0.25) is 0 Å². The summed E-state index contributed by atoms with van der Waals surface area (Å²) in [6.07, 6.45) is 1.85. The predicted octanol–water partition coefficient (Wildman–Crippen LogP) is 4.77. The average Bonchev–Trinajstić information content (AvgIpc) is 3.22. The molecule has 2 aromatic carbocycles. The molecule has 1 fully saturated rings. The molecular weight excluding hydrogens is 445 g/mol. The minimum atomic E-state index is -0.438. The fraction of sp³-hybridized carbons (Fsp3) is 0.407. The summed E-state index contributed by atoms with van der Waals surface area (Å²) in [6, 6.07) is 9.36.